The molecule has 2 aromatic carbocycles. The molecule has 1 aromatic heterocycles. The molecule has 58 heavy (non-hydrogen) atoms. The minimum absolute atomic E-state index is 0.0324. The fourth-order valence-corrected chi connectivity index (χ4v) is 8.88. The molecule has 5 rings (SSSR count). The molecule has 1 fully saturated rings. The van der Waals surface area contributed by atoms with Crippen molar-refractivity contribution in [2.45, 2.75) is 49.9 Å². The quantitative estimate of drug-likeness (QED) is 0.0598. The molecule has 3 heterocycles. The van der Waals surface area contributed by atoms with Crippen molar-refractivity contribution < 1.29 is 51.4 Å². The highest BCUT2D eigenvalue weighted by Crippen LogP contribution is 2.42. The first kappa shape index (κ1) is 43.4. The number of nitrogens with zero attached hydrogens (tertiary/aromatic N) is 2. The number of rotatable bonds is 16. The van der Waals surface area contributed by atoms with Gasteiger partial charge in [0.25, 0.3) is 5.91 Å². The molecule has 2 aliphatic rings. The van der Waals surface area contributed by atoms with Gasteiger partial charge in [-0.3, -0.25) is 19.3 Å². The summed E-state index contributed by atoms with van der Waals surface area (Å²) in [6, 6.07) is 14.6. The largest absolute Gasteiger partial charge is 0.455 e. The van der Waals surface area contributed by atoms with Gasteiger partial charge in [0.15, 0.2) is 6.10 Å². The number of ether oxygens (including phenoxy) is 3. The molecule has 0 saturated carbocycles. The number of amides is 4. The third-order valence-electron chi connectivity index (χ3n) is 8.30. The molecular formula is C37H41N7O11S3. The summed E-state index contributed by atoms with van der Waals surface area (Å²) in [6.07, 6.45) is -1.08. The van der Waals surface area contributed by atoms with E-state index >= 15 is 0 Å². The van der Waals surface area contributed by atoms with Gasteiger partial charge in [0.05, 0.1) is 5.75 Å². The Labute approximate surface area is 341 Å². The monoisotopic (exact) mass is 855 g/mol. The number of esters is 2. The van der Waals surface area contributed by atoms with E-state index in [1.54, 1.807) is 81.4 Å². The summed E-state index contributed by atoms with van der Waals surface area (Å²) in [4.78, 5) is 83.5. The second-order valence-electron chi connectivity index (χ2n) is 13.7. The number of benzene rings is 2. The molecule has 7 N–H and O–H groups in total. The maximum atomic E-state index is 14.1. The SMILES string of the molecule is C=CC(=O)NCCS(=O)(=O)N[C@@H](C(=O)N[C@@H]1C(=O)N2C(C(=O)OC(c3ccccc3)c3ccccc3)=C(COC(N)=O)CS[C@H]12)c1nc(C(=O)OC(C)(C)C)sc1N. The van der Waals surface area contributed by atoms with Crippen molar-refractivity contribution in [3.63, 3.8) is 0 Å². The number of carbonyl (C=O) groups excluding carboxylic acids is 6. The number of hydrogen-bond acceptors (Lipinski definition) is 15. The lowest BCUT2D eigenvalue weighted by Crippen LogP contribution is -2.71. The molecule has 2 aliphatic heterocycles. The van der Waals surface area contributed by atoms with Crippen LogP contribution in [0.1, 0.15) is 59.5 Å². The van der Waals surface area contributed by atoms with Gasteiger partial charge < -0.3 is 36.3 Å². The molecule has 308 valence electrons. The molecule has 3 aromatic rings. The number of β-lactam (4-membered cyclic amide) rings is 1. The van der Waals surface area contributed by atoms with Crippen LogP contribution in [-0.4, -0.2) is 95.7 Å². The Hall–Kier alpha value is -5.77. The summed E-state index contributed by atoms with van der Waals surface area (Å²) in [6.45, 7) is 7.38. The minimum Gasteiger partial charge on any atom is -0.455 e. The number of thioether (sulfide) groups is 1. The summed E-state index contributed by atoms with van der Waals surface area (Å²) in [5.41, 5.74) is 11.4. The van der Waals surface area contributed by atoms with Gasteiger partial charge in [0.1, 0.15) is 46.1 Å². The number of nitrogens with two attached hydrogens (primary N) is 2. The van der Waals surface area contributed by atoms with Gasteiger partial charge in [0.2, 0.25) is 26.8 Å². The molecule has 4 amide bonds. The number of primary amides is 1. The standard InChI is InChI=1S/C37H41N7O11S3/c1-5-23(45)40-16-17-58(51,52)43-25(24-29(38)57-31(42-24)35(49)55-37(2,3)4)30(46)41-26-32(47)44-27(22(18-53-36(39)50)19-56-33(26)44)34(48)54-28(20-12-8-6-9-13-20)21-14-10-7-11-15-21/h5-15,25-26,28,33,43H,1,16-19,38H2,2-4H3,(H2,39,50)(H,40,45)(H,41,46)/t25-,26-,33-/m1/s1. The number of sulfonamides is 1. The highest BCUT2D eigenvalue weighted by molar-refractivity contribution is 8.00. The number of thiazole rings is 1. The van der Waals surface area contributed by atoms with E-state index in [0.717, 1.165) is 22.7 Å². The molecular weight excluding hydrogens is 815 g/mol. The minimum atomic E-state index is -4.38. The third-order valence-corrected chi connectivity index (χ3v) is 11.9. The maximum absolute atomic E-state index is 14.1. The molecule has 0 aliphatic carbocycles. The van der Waals surface area contributed by atoms with Gasteiger partial charge in [0, 0.05) is 17.9 Å². The lowest BCUT2D eigenvalue weighted by atomic mass is 10.0. The maximum Gasteiger partial charge on any atom is 0.404 e. The van der Waals surface area contributed by atoms with Gasteiger partial charge in [-0.1, -0.05) is 78.6 Å². The molecule has 21 heteroatoms. The normalized spacial score (nSPS) is 17.0. The number of anilines is 1. The van der Waals surface area contributed by atoms with E-state index in [0.29, 0.717) is 22.5 Å². The number of aromatic nitrogens is 1. The van der Waals surface area contributed by atoms with Crippen LogP contribution in [0.2, 0.25) is 0 Å². The molecule has 1 saturated heterocycles. The highest BCUT2D eigenvalue weighted by atomic mass is 32.2. The number of hydrogen-bond donors (Lipinski definition) is 5. The molecule has 0 radical (unpaired) electrons. The Morgan fingerprint density at radius 2 is 1.66 bits per heavy atom. The van der Waals surface area contributed by atoms with Crippen LogP contribution in [0.3, 0.4) is 0 Å². The van der Waals surface area contributed by atoms with Crippen molar-refractivity contribution in [2.75, 3.05) is 30.4 Å². The Bertz CT molecular complexity index is 2190. The number of nitrogen functional groups attached to an aromatic ring is 1. The Morgan fingerprint density at radius 1 is 1.03 bits per heavy atom. The van der Waals surface area contributed by atoms with Gasteiger partial charge in [-0.2, -0.15) is 4.72 Å². The summed E-state index contributed by atoms with van der Waals surface area (Å²) in [5, 5.41) is 3.49. The topological polar surface area (TPSA) is 269 Å². The lowest BCUT2D eigenvalue weighted by molar-refractivity contribution is -0.155. The van der Waals surface area contributed by atoms with Crippen molar-refractivity contribution >= 4 is 73.9 Å². The summed E-state index contributed by atoms with van der Waals surface area (Å²) in [7, 11) is -4.38. The van der Waals surface area contributed by atoms with E-state index in [2.05, 4.69) is 26.9 Å². The van der Waals surface area contributed by atoms with E-state index in [1.165, 1.54) is 0 Å². The van der Waals surface area contributed by atoms with Gasteiger partial charge in [-0.15, -0.1) is 11.8 Å². The number of nitrogens with one attached hydrogen (secondary N) is 3. The molecule has 0 spiro atoms. The van der Waals surface area contributed by atoms with Crippen molar-refractivity contribution in [1.29, 1.82) is 0 Å². The van der Waals surface area contributed by atoms with Gasteiger partial charge >= 0.3 is 18.0 Å². The first-order valence-electron chi connectivity index (χ1n) is 17.5. The average Bonchev–Trinajstić information content (AvgIpc) is 3.57. The number of fused-ring (bicyclic) bond motifs is 1. The Kier molecular flexibility index (Phi) is 13.6. The summed E-state index contributed by atoms with van der Waals surface area (Å²) >= 11 is 1.78. The van der Waals surface area contributed by atoms with Crippen LogP contribution in [0.4, 0.5) is 9.80 Å². The zero-order valence-corrected chi connectivity index (χ0v) is 33.9. The van der Waals surface area contributed by atoms with Crippen LogP contribution in [0, 0.1) is 0 Å². The fraction of sp³-hybridized carbons (Fsp3) is 0.324. The Morgan fingerprint density at radius 3 is 2.22 bits per heavy atom. The predicted molar refractivity (Wildman–Crippen MR) is 213 cm³/mol. The molecule has 3 atom stereocenters. The second kappa shape index (κ2) is 18.2. The summed E-state index contributed by atoms with van der Waals surface area (Å²) < 4.78 is 45.1. The highest BCUT2D eigenvalue weighted by Gasteiger charge is 2.55. The van der Waals surface area contributed by atoms with Crippen molar-refractivity contribution in [3.05, 3.63) is 106 Å². The van der Waals surface area contributed by atoms with Crippen molar-refractivity contribution in [1.82, 2.24) is 25.2 Å². The van der Waals surface area contributed by atoms with Crippen LogP contribution >= 0.6 is 23.1 Å². The average molecular weight is 856 g/mol. The first-order chi connectivity index (χ1) is 27.4. The Balaban J connectivity index is 1.43. The van der Waals surface area contributed by atoms with Crippen LogP contribution in [0.15, 0.2) is 84.6 Å². The fourth-order valence-electron chi connectivity index (χ4n) is 5.74. The zero-order valence-electron chi connectivity index (χ0n) is 31.5. The lowest BCUT2D eigenvalue weighted by Gasteiger charge is -2.50. The zero-order chi connectivity index (χ0) is 42.4. The van der Waals surface area contributed by atoms with Gasteiger partial charge in [-0.05, 0) is 38.0 Å². The van der Waals surface area contributed by atoms with Crippen LogP contribution < -0.4 is 26.8 Å². The third kappa shape index (κ3) is 10.6. The molecule has 18 nitrogen and oxygen atoms in total. The van der Waals surface area contributed by atoms with E-state index in [4.69, 9.17) is 25.7 Å². The van der Waals surface area contributed by atoms with Gasteiger partial charge in [-0.25, -0.2) is 27.8 Å². The van der Waals surface area contributed by atoms with E-state index in [1.807, 2.05) is 0 Å². The smallest absolute Gasteiger partial charge is 0.404 e. The van der Waals surface area contributed by atoms with Crippen molar-refractivity contribution in [2.24, 2.45) is 5.73 Å². The first-order valence-corrected chi connectivity index (χ1v) is 21.0. The number of carbonyl (C=O) groups is 6. The summed E-state index contributed by atoms with van der Waals surface area (Å²) in [5.74, 6) is -4.95. The molecule has 0 bridgehead atoms. The van der Waals surface area contributed by atoms with Crippen LogP contribution in [-0.2, 0) is 43.4 Å². The molecule has 0 unspecified atom stereocenters. The second-order valence-corrected chi connectivity index (χ2v) is 17.7. The van der Waals surface area contributed by atoms with Crippen LogP contribution in [0.25, 0.3) is 0 Å². The van der Waals surface area contributed by atoms with E-state index in [-0.39, 0.29) is 39.3 Å². The predicted octanol–water partition coefficient (Wildman–Crippen LogP) is 2.03. The van der Waals surface area contributed by atoms with E-state index in [9.17, 15) is 37.2 Å². The van der Waals surface area contributed by atoms with E-state index < -0.39 is 87.3 Å². The van der Waals surface area contributed by atoms with Crippen LogP contribution in [0.5, 0.6) is 0 Å². The van der Waals surface area contributed by atoms with Crippen molar-refractivity contribution in [3.8, 4) is 0 Å².